The summed E-state index contributed by atoms with van der Waals surface area (Å²) in [6, 6.07) is 18.0. The molecule has 0 aromatic heterocycles. The quantitative estimate of drug-likeness (QED) is 0.902. The van der Waals surface area contributed by atoms with Gasteiger partial charge in [0.05, 0.1) is 18.7 Å². The Morgan fingerprint density at radius 2 is 1.85 bits per heavy atom. The van der Waals surface area contributed by atoms with Crippen LogP contribution in [0.3, 0.4) is 0 Å². The number of methoxy groups -OCH3 is 1. The van der Waals surface area contributed by atoms with Gasteiger partial charge in [0.1, 0.15) is 5.75 Å². The molecule has 1 N–H and O–H groups in total. The van der Waals surface area contributed by atoms with Gasteiger partial charge in [0.15, 0.2) is 0 Å². The second-order valence-electron chi connectivity index (χ2n) is 4.61. The molecule has 0 saturated carbocycles. The molecule has 2 aromatic rings. The number of nitriles is 1. The highest BCUT2D eigenvalue weighted by Crippen LogP contribution is 2.24. The fraction of sp³-hybridized carbons (Fsp3) is 0.235. The summed E-state index contributed by atoms with van der Waals surface area (Å²) < 4.78 is 5.37. The third kappa shape index (κ3) is 3.17. The molecule has 0 fully saturated rings. The summed E-state index contributed by atoms with van der Waals surface area (Å²) >= 11 is 0. The molecule has 2 rings (SSSR count). The van der Waals surface area contributed by atoms with E-state index in [2.05, 4.69) is 18.3 Å². The van der Waals surface area contributed by atoms with Crippen LogP contribution in [0.25, 0.3) is 0 Å². The zero-order valence-corrected chi connectivity index (χ0v) is 11.8. The molecular formula is C17H18N2O. The molecule has 2 aromatic carbocycles. The minimum Gasteiger partial charge on any atom is -0.496 e. The Balaban J connectivity index is 2.09. The first-order chi connectivity index (χ1) is 9.76. The Kier molecular flexibility index (Phi) is 4.75. The Bertz CT molecular complexity index is 616. The van der Waals surface area contributed by atoms with E-state index in [0.717, 1.165) is 16.9 Å². The van der Waals surface area contributed by atoms with Crippen molar-refractivity contribution in [2.45, 2.75) is 19.5 Å². The van der Waals surface area contributed by atoms with Gasteiger partial charge in [-0.2, -0.15) is 5.26 Å². The van der Waals surface area contributed by atoms with Crippen molar-refractivity contribution in [2.24, 2.45) is 0 Å². The van der Waals surface area contributed by atoms with E-state index >= 15 is 0 Å². The third-order valence-corrected chi connectivity index (χ3v) is 3.34. The number of hydrogen-bond acceptors (Lipinski definition) is 3. The molecule has 0 heterocycles. The monoisotopic (exact) mass is 266 g/mol. The zero-order valence-electron chi connectivity index (χ0n) is 11.8. The molecule has 0 aliphatic heterocycles. The van der Waals surface area contributed by atoms with Crippen LogP contribution in [0.4, 0.5) is 0 Å². The maximum atomic E-state index is 9.09. The summed E-state index contributed by atoms with van der Waals surface area (Å²) in [7, 11) is 1.68. The molecule has 0 spiro atoms. The van der Waals surface area contributed by atoms with Gasteiger partial charge in [-0.3, -0.25) is 0 Å². The third-order valence-electron chi connectivity index (χ3n) is 3.34. The second-order valence-corrected chi connectivity index (χ2v) is 4.61. The van der Waals surface area contributed by atoms with E-state index in [0.29, 0.717) is 12.1 Å². The van der Waals surface area contributed by atoms with Gasteiger partial charge in [-0.25, -0.2) is 0 Å². The van der Waals surface area contributed by atoms with Crippen LogP contribution < -0.4 is 10.1 Å². The molecule has 0 saturated heterocycles. The van der Waals surface area contributed by atoms with Crippen LogP contribution in [-0.2, 0) is 6.54 Å². The summed E-state index contributed by atoms with van der Waals surface area (Å²) in [6.45, 7) is 2.75. The SMILES string of the molecule is COc1ccccc1[C@H](C)NCc1ccccc1C#N. The lowest BCUT2D eigenvalue weighted by Crippen LogP contribution is -2.19. The van der Waals surface area contributed by atoms with Crippen molar-refractivity contribution in [1.82, 2.24) is 5.32 Å². The van der Waals surface area contributed by atoms with Crippen LogP contribution in [-0.4, -0.2) is 7.11 Å². The Morgan fingerprint density at radius 1 is 1.15 bits per heavy atom. The highest BCUT2D eigenvalue weighted by atomic mass is 16.5. The maximum Gasteiger partial charge on any atom is 0.123 e. The first-order valence-electron chi connectivity index (χ1n) is 6.60. The molecular weight excluding hydrogens is 248 g/mol. The molecule has 0 radical (unpaired) electrons. The lowest BCUT2D eigenvalue weighted by atomic mass is 10.1. The van der Waals surface area contributed by atoms with E-state index in [1.54, 1.807) is 7.11 Å². The second kappa shape index (κ2) is 6.74. The molecule has 3 heteroatoms. The Labute approximate surface area is 119 Å². The van der Waals surface area contributed by atoms with Gasteiger partial charge in [0.25, 0.3) is 0 Å². The number of nitrogens with one attached hydrogen (secondary N) is 1. The first kappa shape index (κ1) is 14.1. The number of nitrogens with zero attached hydrogens (tertiary/aromatic N) is 1. The lowest BCUT2D eigenvalue weighted by Gasteiger charge is -2.17. The van der Waals surface area contributed by atoms with Gasteiger partial charge in [-0.1, -0.05) is 36.4 Å². The van der Waals surface area contributed by atoms with Crippen molar-refractivity contribution < 1.29 is 4.74 Å². The first-order valence-corrected chi connectivity index (χ1v) is 6.60. The molecule has 0 amide bonds. The molecule has 1 atom stereocenters. The fourth-order valence-electron chi connectivity index (χ4n) is 2.18. The predicted molar refractivity (Wildman–Crippen MR) is 79.4 cm³/mol. The smallest absolute Gasteiger partial charge is 0.123 e. The van der Waals surface area contributed by atoms with Crippen molar-refractivity contribution in [1.29, 1.82) is 5.26 Å². The standard InChI is InChI=1S/C17H18N2O/c1-13(16-9-5-6-10-17(16)20-2)19-12-15-8-4-3-7-14(15)11-18/h3-10,13,19H,12H2,1-2H3/t13-/m0/s1. The average molecular weight is 266 g/mol. The van der Waals surface area contributed by atoms with Crippen LogP contribution in [0.2, 0.25) is 0 Å². The van der Waals surface area contributed by atoms with E-state index in [4.69, 9.17) is 10.00 Å². The molecule has 20 heavy (non-hydrogen) atoms. The van der Waals surface area contributed by atoms with Gasteiger partial charge in [-0.05, 0) is 24.6 Å². The van der Waals surface area contributed by atoms with E-state index < -0.39 is 0 Å². The van der Waals surface area contributed by atoms with Crippen LogP contribution in [0.15, 0.2) is 48.5 Å². The average Bonchev–Trinajstić information content (AvgIpc) is 2.52. The fourth-order valence-corrected chi connectivity index (χ4v) is 2.18. The highest BCUT2D eigenvalue weighted by Gasteiger charge is 2.10. The van der Waals surface area contributed by atoms with E-state index in [-0.39, 0.29) is 6.04 Å². The summed E-state index contributed by atoms with van der Waals surface area (Å²) in [5, 5.41) is 12.5. The van der Waals surface area contributed by atoms with Gasteiger partial charge >= 0.3 is 0 Å². The largest absolute Gasteiger partial charge is 0.496 e. The van der Waals surface area contributed by atoms with Gasteiger partial charge in [-0.15, -0.1) is 0 Å². The summed E-state index contributed by atoms with van der Waals surface area (Å²) in [4.78, 5) is 0. The van der Waals surface area contributed by atoms with Gasteiger partial charge in [0, 0.05) is 18.2 Å². The highest BCUT2D eigenvalue weighted by molar-refractivity contribution is 5.38. The number of para-hydroxylation sites is 1. The molecule has 3 nitrogen and oxygen atoms in total. The number of ether oxygens (including phenoxy) is 1. The van der Waals surface area contributed by atoms with Crippen LogP contribution in [0, 0.1) is 11.3 Å². The minimum absolute atomic E-state index is 0.151. The van der Waals surface area contributed by atoms with Crippen molar-refractivity contribution >= 4 is 0 Å². The van der Waals surface area contributed by atoms with E-state index in [9.17, 15) is 0 Å². The van der Waals surface area contributed by atoms with E-state index in [1.165, 1.54) is 0 Å². The molecule has 0 unspecified atom stereocenters. The molecule has 102 valence electrons. The molecule has 0 aliphatic carbocycles. The lowest BCUT2D eigenvalue weighted by molar-refractivity contribution is 0.401. The van der Waals surface area contributed by atoms with Crippen LogP contribution >= 0.6 is 0 Å². The molecule has 0 aliphatic rings. The summed E-state index contributed by atoms with van der Waals surface area (Å²) in [5.41, 5.74) is 2.84. The van der Waals surface area contributed by atoms with Crippen molar-refractivity contribution in [2.75, 3.05) is 7.11 Å². The normalized spacial score (nSPS) is 11.7. The maximum absolute atomic E-state index is 9.09. The van der Waals surface area contributed by atoms with Gasteiger partial charge in [0.2, 0.25) is 0 Å². The van der Waals surface area contributed by atoms with Crippen molar-refractivity contribution in [3.63, 3.8) is 0 Å². The number of hydrogen-bond donors (Lipinski definition) is 1. The summed E-state index contributed by atoms with van der Waals surface area (Å²) in [6.07, 6.45) is 0. The van der Waals surface area contributed by atoms with Crippen molar-refractivity contribution in [3.05, 3.63) is 65.2 Å². The summed E-state index contributed by atoms with van der Waals surface area (Å²) in [5.74, 6) is 0.876. The Morgan fingerprint density at radius 3 is 2.60 bits per heavy atom. The van der Waals surface area contributed by atoms with Crippen LogP contribution in [0.5, 0.6) is 5.75 Å². The molecule has 0 bridgehead atoms. The number of rotatable bonds is 5. The van der Waals surface area contributed by atoms with E-state index in [1.807, 2.05) is 48.5 Å². The Hall–Kier alpha value is -2.31. The topological polar surface area (TPSA) is 45.0 Å². The number of benzene rings is 2. The van der Waals surface area contributed by atoms with Gasteiger partial charge < -0.3 is 10.1 Å². The van der Waals surface area contributed by atoms with Crippen molar-refractivity contribution in [3.8, 4) is 11.8 Å². The predicted octanol–water partition coefficient (Wildman–Crippen LogP) is 3.42. The zero-order chi connectivity index (χ0) is 14.4. The minimum atomic E-state index is 0.151. The van der Waals surface area contributed by atoms with Crippen LogP contribution in [0.1, 0.15) is 29.7 Å².